The first-order chi connectivity index (χ1) is 8.78. The molecule has 1 aliphatic rings. The van der Waals surface area contributed by atoms with Gasteiger partial charge in [-0.25, -0.2) is 4.98 Å². The molecule has 1 aromatic heterocycles. The summed E-state index contributed by atoms with van der Waals surface area (Å²) in [6, 6.07) is 5.92. The summed E-state index contributed by atoms with van der Waals surface area (Å²) in [5.41, 5.74) is 7.66. The lowest BCUT2D eigenvalue weighted by Crippen LogP contribution is -2.15. The molecular weight excluding hydrogens is 248 g/mol. The van der Waals surface area contributed by atoms with E-state index in [1.165, 1.54) is 4.88 Å². The third kappa shape index (κ3) is 1.95. The zero-order chi connectivity index (χ0) is 12.5. The molecule has 5 heteroatoms. The predicted molar refractivity (Wildman–Crippen MR) is 71.2 cm³/mol. The largest absolute Gasteiger partial charge is 0.486 e. The number of fused-ring (bicyclic) bond motifs is 1. The minimum atomic E-state index is 0.479. The minimum Gasteiger partial charge on any atom is -0.486 e. The van der Waals surface area contributed by atoms with Gasteiger partial charge in [-0.15, -0.1) is 11.3 Å². The molecule has 0 unspecified atom stereocenters. The smallest absolute Gasteiger partial charge is 0.162 e. The number of benzene rings is 1. The van der Waals surface area contributed by atoms with E-state index in [-0.39, 0.29) is 0 Å². The molecule has 0 saturated heterocycles. The molecule has 2 N–H and O–H groups in total. The van der Waals surface area contributed by atoms with Gasteiger partial charge in [0.25, 0.3) is 0 Å². The van der Waals surface area contributed by atoms with Crippen molar-refractivity contribution in [2.24, 2.45) is 5.73 Å². The number of aryl methyl sites for hydroxylation is 1. The summed E-state index contributed by atoms with van der Waals surface area (Å²) in [6.07, 6.45) is 0. The first-order valence-corrected chi connectivity index (χ1v) is 6.66. The molecule has 0 bridgehead atoms. The summed E-state index contributed by atoms with van der Waals surface area (Å²) in [6.45, 7) is 3.73. The van der Waals surface area contributed by atoms with Gasteiger partial charge in [0.2, 0.25) is 0 Å². The molecule has 0 aliphatic carbocycles. The molecule has 0 amide bonds. The van der Waals surface area contributed by atoms with Crippen molar-refractivity contribution in [2.75, 3.05) is 13.2 Å². The second kappa shape index (κ2) is 4.59. The quantitative estimate of drug-likeness (QED) is 0.902. The molecule has 0 spiro atoms. The lowest BCUT2D eigenvalue weighted by Gasteiger charge is -2.18. The Hall–Kier alpha value is -1.59. The second-order valence-corrected chi connectivity index (χ2v) is 5.29. The highest BCUT2D eigenvalue weighted by molar-refractivity contribution is 7.15. The van der Waals surface area contributed by atoms with Crippen LogP contribution in [0.15, 0.2) is 18.2 Å². The molecule has 0 saturated carbocycles. The second-order valence-electron chi connectivity index (χ2n) is 4.08. The molecule has 2 heterocycles. The molecular formula is C13H14N2O2S. The molecule has 1 aromatic carbocycles. The van der Waals surface area contributed by atoms with Gasteiger partial charge in [0.05, 0.1) is 5.69 Å². The highest BCUT2D eigenvalue weighted by atomic mass is 32.1. The van der Waals surface area contributed by atoms with Crippen LogP contribution in [0.4, 0.5) is 0 Å². The number of ether oxygens (including phenoxy) is 2. The number of nitrogens with zero attached hydrogens (tertiary/aromatic N) is 1. The van der Waals surface area contributed by atoms with E-state index in [9.17, 15) is 0 Å². The van der Waals surface area contributed by atoms with E-state index in [0.717, 1.165) is 27.8 Å². The third-order valence-corrected chi connectivity index (χ3v) is 3.94. The summed E-state index contributed by atoms with van der Waals surface area (Å²) < 4.78 is 11.1. The standard InChI is InChI=1S/C13H14N2O2S/c1-8-10(7-14)15-13(18-8)9-2-3-11-12(6-9)17-5-4-16-11/h2-3,6H,4-5,7,14H2,1H3. The highest BCUT2D eigenvalue weighted by Gasteiger charge is 2.14. The summed E-state index contributed by atoms with van der Waals surface area (Å²) in [5.74, 6) is 1.60. The zero-order valence-corrected chi connectivity index (χ0v) is 10.9. The molecule has 0 fully saturated rings. The minimum absolute atomic E-state index is 0.479. The fraction of sp³-hybridized carbons (Fsp3) is 0.308. The fourth-order valence-corrected chi connectivity index (χ4v) is 2.85. The van der Waals surface area contributed by atoms with Crippen LogP contribution in [0.25, 0.3) is 10.6 Å². The Balaban J connectivity index is 2.00. The Morgan fingerprint density at radius 1 is 1.28 bits per heavy atom. The van der Waals surface area contributed by atoms with E-state index in [1.807, 2.05) is 25.1 Å². The van der Waals surface area contributed by atoms with Crippen LogP contribution in [0, 0.1) is 6.92 Å². The maximum atomic E-state index is 5.65. The van der Waals surface area contributed by atoms with Crippen molar-refractivity contribution in [2.45, 2.75) is 13.5 Å². The zero-order valence-electron chi connectivity index (χ0n) is 10.1. The van der Waals surface area contributed by atoms with E-state index >= 15 is 0 Å². The summed E-state index contributed by atoms with van der Waals surface area (Å²) in [5, 5.41) is 0.977. The van der Waals surface area contributed by atoms with Crippen molar-refractivity contribution >= 4 is 11.3 Å². The van der Waals surface area contributed by atoms with Crippen LogP contribution in [0.2, 0.25) is 0 Å². The molecule has 1 aliphatic heterocycles. The van der Waals surface area contributed by atoms with Gasteiger partial charge < -0.3 is 15.2 Å². The van der Waals surface area contributed by atoms with Gasteiger partial charge in [-0.1, -0.05) is 0 Å². The molecule has 2 aromatic rings. The van der Waals surface area contributed by atoms with Crippen molar-refractivity contribution in [3.05, 3.63) is 28.8 Å². The van der Waals surface area contributed by atoms with Gasteiger partial charge in [-0.3, -0.25) is 0 Å². The topological polar surface area (TPSA) is 57.4 Å². The van der Waals surface area contributed by atoms with Gasteiger partial charge in [-0.2, -0.15) is 0 Å². The molecule has 0 atom stereocenters. The van der Waals surface area contributed by atoms with Crippen LogP contribution in [0.3, 0.4) is 0 Å². The normalized spacial score (nSPS) is 13.7. The maximum Gasteiger partial charge on any atom is 0.162 e. The van der Waals surface area contributed by atoms with Gasteiger partial charge in [0, 0.05) is 17.0 Å². The van der Waals surface area contributed by atoms with E-state index in [4.69, 9.17) is 15.2 Å². The molecule has 4 nitrogen and oxygen atoms in total. The molecule has 3 rings (SSSR count). The van der Waals surface area contributed by atoms with Crippen LogP contribution in [0.5, 0.6) is 11.5 Å². The fourth-order valence-electron chi connectivity index (χ4n) is 1.92. The molecule has 94 valence electrons. The Morgan fingerprint density at radius 2 is 2.06 bits per heavy atom. The van der Waals surface area contributed by atoms with Crippen LogP contribution >= 0.6 is 11.3 Å². The number of hydrogen-bond donors (Lipinski definition) is 1. The maximum absolute atomic E-state index is 5.65. The van der Waals surface area contributed by atoms with Gasteiger partial charge >= 0.3 is 0 Å². The summed E-state index contributed by atoms with van der Waals surface area (Å²) in [7, 11) is 0. The van der Waals surface area contributed by atoms with E-state index in [2.05, 4.69) is 4.98 Å². The summed E-state index contributed by atoms with van der Waals surface area (Å²) >= 11 is 1.66. The lowest BCUT2D eigenvalue weighted by molar-refractivity contribution is 0.171. The van der Waals surface area contributed by atoms with Crippen molar-refractivity contribution in [1.82, 2.24) is 4.98 Å². The Kier molecular flexibility index (Phi) is 2.93. The third-order valence-electron chi connectivity index (χ3n) is 2.88. The molecule has 0 radical (unpaired) electrons. The van der Waals surface area contributed by atoms with Gasteiger partial charge in [-0.05, 0) is 25.1 Å². The predicted octanol–water partition coefficient (Wildman–Crippen LogP) is 2.35. The van der Waals surface area contributed by atoms with E-state index in [1.54, 1.807) is 11.3 Å². The Morgan fingerprint density at radius 3 is 2.78 bits per heavy atom. The monoisotopic (exact) mass is 262 g/mol. The lowest BCUT2D eigenvalue weighted by atomic mass is 10.2. The van der Waals surface area contributed by atoms with Crippen molar-refractivity contribution < 1.29 is 9.47 Å². The van der Waals surface area contributed by atoms with Crippen LogP contribution in [-0.4, -0.2) is 18.2 Å². The average molecular weight is 262 g/mol. The first-order valence-electron chi connectivity index (χ1n) is 5.84. The number of thiazole rings is 1. The summed E-state index contributed by atoms with van der Waals surface area (Å²) in [4.78, 5) is 5.71. The Labute approximate surface area is 109 Å². The number of rotatable bonds is 2. The van der Waals surface area contributed by atoms with Crippen LogP contribution in [-0.2, 0) is 6.54 Å². The average Bonchev–Trinajstić information content (AvgIpc) is 2.79. The highest BCUT2D eigenvalue weighted by Crippen LogP contribution is 2.36. The van der Waals surface area contributed by atoms with Crippen molar-refractivity contribution in [3.8, 4) is 22.1 Å². The van der Waals surface area contributed by atoms with Crippen LogP contribution in [0.1, 0.15) is 10.6 Å². The number of nitrogens with two attached hydrogens (primary N) is 1. The Bertz CT molecular complexity index is 580. The SMILES string of the molecule is Cc1sc(-c2ccc3c(c2)OCCO3)nc1CN. The van der Waals surface area contributed by atoms with Crippen molar-refractivity contribution in [1.29, 1.82) is 0 Å². The number of hydrogen-bond acceptors (Lipinski definition) is 5. The van der Waals surface area contributed by atoms with Gasteiger partial charge in [0.1, 0.15) is 18.2 Å². The van der Waals surface area contributed by atoms with Gasteiger partial charge in [0.15, 0.2) is 11.5 Å². The van der Waals surface area contributed by atoms with Crippen LogP contribution < -0.4 is 15.2 Å². The number of aromatic nitrogens is 1. The van der Waals surface area contributed by atoms with E-state index in [0.29, 0.717) is 19.8 Å². The van der Waals surface area contributed by atoms with Crippen molar-refractivity contribution in [3.63, 3.8) is 0 Å². The first kappa shape index (κ1) is 11.5. The van der Waals surface area contributed by atoms with E-state index < -0.39 is 0 Å². The molecule has 18 heavy (non-hydrogen) atoms.